The lowest BCUT2D eigenvalue weighted by molar-refractivity contribution is -0.139. The zero-order valence-corrected chi connectivity index (χ0v) is 12.8. The summed E-state index contributed by atoms with van der Waals surface area (Å²) < 4.78 is 10.5. The maximum atomic E-state index is 12.3. The minimum absolute atomic E-state index is 0.0290. The molecule has 1 aliphatic heterocycles. The molecule has 0 bridgehead atoms. The zero-order chi connectivity index (χ0) is 16.3. The highest BCUT2D eigenvalue weighted by Crippen LogP contribution is 2.40. The Morgan fingerprint density at radius 2 is 2.09 bits per heavy atom. The van der Waals surface area contributed by atoms with Crippen LogP contribution in [0.4, 0.5) is 0 Å². The topological polar surface area (TPSA) is 85.3 Å². The maximum absolute atomic E-state index is 12.3. The summed E-state index contributed by atoms with van der Waals surface area (Å²) in [5.41, 5.74) is 8.19. The zero-order valence-electron chi connectivity index (χ0n) is 12.8. The first-order chi connectivity index (χ1) is 10.5. The fourth-order valence-electron chi connectivity index (χ4n) is 2.58. The summed E-state index contributed by atoms with van der Waals surface area (Å²) in [6, 6.07) is 9.63. The minimum Gasteiger partial charge on any atom is -0.463 e. The highest BCUT2D eigenvalue weighted by molar-refractivity contribution is 5.92. The smallest absolute Gasteiger partial charge is 0.338 e. The van der Waals surface area contributed by atoms with Crippen LogP contribution in [-0.4, -0.2) is 12.6 Å². The Kier molecular flexibility index (Phi) is 4.52. The van der Waals surface area contributed by atoms with Crippen LogP contribution in [0.25, 0.3) is 0 Å². The predicted octanol–water partition coefficient (Wildman–Crippen LogP) is 2.64. The molecule has 1 atom stereocenters. The van der Waals surface area contributed by atoms with Gasteiger partial charge >= 0.3 is 5.97 Å². The number of rotatable bonds is 3. The Morgan fingerprint density at radius 1 is 1.41 bits per heavy atom. The second-order valence-electron chi connectivity index (χ2n) is 4.97. The summed E-state index contributed by atoms with van der Waals surface area (Å²) in [6.07, 6.45) is 0. The van der Waals surface area contributed by atoms with Gasteiger partial charge in [0, 0.05) is 0 Å². The van der Waals surface area contributed by atoms with Crippen molar-refractivity contribution in [3.63, 3.8) is 0 Å². The fourth-order valence-corrected chi connectivity index (χ4v) is 2.58. The van der Waals surface area contributed by atoms with Crippen LogP contribution in [0.1, 0.15) is 30.9 Å². The van der Waals surface area contributed by atoms with Gasteiger partial charge in [-0.1, -0.05) is 24.3 Å². The third-order valence-corrected chi connectivity index (χ3v) is 3.60. The molecule has 114 valence electrons. The SMILES string of the molecule is CCOC(=O)C1=C(C)OC(N)=C(C#N)[C@@H]1c1ccccc1C. The van der Waals surface area contributed by atoms with Crippen molar-refractivity contribution < 1.29 is 14.3 Å². The number of nitrogens with zero attached hydrogens (tertiary/aromatic N) is 1. The number of benzene rings is 1. The molecule has 1 aromatic carbocycles. The van der Waals surface area contributed by atoms with Crippen molar-refractivity contribution in [2.45, 2.75) is 26.7 Å². The second-order valence-corrected chi connectivity index (χ2v) is 4.97. The lowest BCUT2D eigenvalue weighted by atomic mass is 9.81. The monoisotopic (exact) mass is 298 g/mol. The molecule has 2 N–H and O–H groups in total. The Hall–Kier alpha value is -2.74. The van der Waals surface area contributed by atoms with Gasteiger partial charge in [-0.3, -0.25) is 0 Å². The highest BCUT2D eigenvalue weighted by atomic mass is 16.5. The molecule has 0 unspecified atom stereocenters. The van der Waals surface area contributed by atoms with Crippen molar-refractivity contribution >= 4 is 5.97 Å². The normalized spacial score (nSPS) is 17.8. The quantitative estimate of drug-likeness (QED) is 0.867. The third kappa shape index (κ3) is 2.68. The van der Waals surface area contributed by atoms with E-state index in [4.69, 9.17) is 15.2 Å². The Morgan fingerprint density at radius 3 is 2.68 bits per heavy atom. The molecule has 5 heteroatoms. The van der Waals surface area contributed by atoms with Crippen LogP contribution in [0.15, 0.2) is 47.1 Å². The molecule has 0 amide bonds. The fraction of sp³-hybridized carbons (Fsp3) is 0.294. The Labute approximate surface area is 129 Å². The van der Waals surface area contributed by atoms with Crippen LogP contribution in [0.2, 0.25) is 0 Å². The van der Waals surface area contributed by atoms with Crippen molar-refractivity contribution in [1.29, 1.82) is 5.26 Å². The molecule has 0 aliphatic carbocycles. The first kappa shape index (κ1) is 15.6. The molecule has 22 heavy (non-hydrogen) atoms. The van der Waals surface area contributed by atoms with Gasteiger partial charge in [-0.2, -0.15) is 5.26 Å². The number of carbonyl (C=O) groups is 1. The molecule has 0 aromatic heterocycles. The largest absolute Gasteiger partial charge is 0.463 e. The van der Waals surface area contributed by atoms with E-state index >= 15 is 0 Å². The van der Waals surface area contributed by atoms with Gasteiger partial charge in [-0.05, 0) is 31.9 Å². The van der Waals surface area contributed by atoms with Crippen molar-refractivity contribution in [3.05, 3.63) is 58.2 Å². The number of ether oxygens (including phenoxy) is 2. The summed E-state index contributed by atoms with van der Waals surface area (Å²) in [6.45, 7) is 5.56. The molecule has 0 spiro atoms. The molecule has 0 radical (unpaired) electrons. The molecular weight excluding hydrogens is 280 g/mol. The molecule has 0 saturated heterocycles. The van der Waals surface area contributed by atoms with Crippen LogP contribution in [0, 0.1) is 18.3 Å². The number of nitrogens with two attached hydrogens (primary N) is 1. The highest BCUT2D eigenvalue weighted by Gasteiger charge is 2.36. The lowest BCUT2D eigenvalue weighted by Crippen LogP contribution is -2.26. The number of hydrogen-bond donors (Lipinski definition) is 1. The van der Waals surface area contributed by atoms with Crippen molar-refractivity contribution in [1.82, 2.24) is 0 Å². The van der Waals surface area contributed by atoms with Crippen LogP contribution in [-0.2, 0) is 14.3 Å². The van der Waals surface area contributed by atoms with E-state index in [9.17, 15) is 10.1 Å². The summed E-state index contributed by atoms with van der Waals surface area (Å²) in [5, 5.41) is 9.46. The molecule has 5 nitrogen and oxygen atoms in total. The number of esters is 1. The van der Waals surface area contributed by atoms with Gasteiger partial charge in [0.05, 0.1) is 18.1 Å². The molecule has 1 heterocycles. The molecular formula is C17H18N2O3. The van der Waals surface area contributed by atoms with E-state index < -0.39 is 11.9 Å². The van der Waals surface area contributed by atoms with E-state index in [1.807, 2.05) is 31.2 Å². The Bertz CT molecular complexity index is 711. The van der Waals surface area contributed by atoms with Gasteiger partial charge in [0.15, 0.2) is 0 Å². The minimum atomic E-state index is -0.570. The van der Waals surface area contributed by atoms with Gasteiger partial charge in [0.25, 0.3) is 0 Å². The summed E-state index contributed by atoms with van der Waals surface area (Å²) in [7, 11) is 0. The van der Waals surface area contributed by atoms with Gasteiger partial charge in [0.1, 0.15) is 17.4 Å². The van der Waals surface area contributed by atoms with E-state index in [0.29, 0.717) is 11.3 Å². The summed E-state index contributed by atoms with van der Waals surface area (Å²) in [4.78, 5) is 12.3. The van der Waals surface area contributed by atoms with E-state index in [1.165, 1.54) is 0 Å². The standard InChI is InChI=1S/C17H18N2O3/c1-4-21-17(20)14-11(3)22-16(19)13(9-18)15(14)12-8-6-5-7-10(12)2/h5-8,15H,4,19H2,1-3H3/t15-/m0/s1. The van der Waals surface area contributed by atoms with Gasteiger partial charge in [-0.25, -0.2) is 4.79 Å². The van der Waals surface area contributed by atoms with E-state index in [2.05, 4.69) is 6.07 Å². The maximum Gasteiger partial charge on any atom is 0.338 e. The van der Waals surface area contributed by atoms with Crippen LogP contribution in [0.5, 0.6) is 0 Å². The van der Waals surface area contributed by atoms with Crippen LogP contribution in [0.3, 0.4) is 0 Å². The van der Waals surface area contributed by atoms with E-state index in [1.54, 1.807) is 13.8 Å². The summed E-state index contributed by atoms with van der Waals surface area (Å²) >= 11 is 0. The molecule has 1 aliphatic rings. The predicted molar refractivity (Wildman–Crippen MR) is 81.2 cm³/mol. The first-order valence-corrected chi connectivity index (χ1v) is 7.02. The van der Waals surface area contributed by atoms with Crippen LogP contribution < -0.4 is 5.73 Å². The van der Waals surface area contributed by atoms with Crippen molar-refractivity contribution in [2.75, 3.05) is 6.61 Å². The van der Waals surface area contributed by atoms with E-state index in [0.717, 1.165) is 11.1 Å². The molecule has 2 rings (SSSR count). The lowest BCUT2D eigenvalue weighted by Gasteiger charge is -2.27. The Balaban J connectivity index is 2.65. The first-order valence-electron chi connectivity index (χ1n) is 7.02. The molecule has 0 fully saturated rings. The number of aryl methyl sites for hydroxylation is 1. The average Bonchev–Trinajstić information content (AvgIpc) is 2.47. The molecule has 1 aromatic rings. The van der Waals surface area contributed by atoms with Gasteiger partial charge in [0.2, 0.25) is 5.88 Å². The second kappa shape index (κ2) is 6.35. The van der Waals surface area contributed by atoms with Gasteiger partial charge < -0.3 is 15.2 Å². The van der Waals surface area contributed by atoms with E-state index in [-0.39, 0.29) is 18.1 Å². The van der Waals surface area contributed by atoms with Gasteiger partial charge in [-0.15, -0.1) is 0 Å². The number of hydrogen-bond acceptors (Lipinski definition) is 5. The van der Waals surface area contributed by atoms with Crippen LogP contribution >= 0.6 is 0 Å². The number of carbonyl (C=O) groups excluding carboxylic acids is 1. The third-order valence-electron chi connectivity index (χ3n) is 3.60. The van der Waals surface area contributed by atoms with Crippen molar-refractivity contribution in [2.24, 2.45) is 5.73 Å². The number of allylic oxidation sites excluding steroid dienone is 2. The summed E-state index contributed by atoms with van der Waals surface area (Å²) in [5.74, 6) is -0.669. The number of nitriles is 1. The van der Waals surface area contributed by atoms with Crippen molar-refractivity contribution in [3.8, 4) is 6.07 Å². The molecule has 0 saturated carbocycles. The average molecular weight is 298 g/mol.